The van der Waals surface area contributed by atoms with Crippen LogP contribution in [0.2, 0.25) is 0 Å². The number of anilines is 1. The third kappa shape index (κ3) is 2.30. The highest BCUT2D eigenvalue weighted by atomic mass is 19.4. The molecule has 0 aliphatic carbocycles. The van der Waals surface area contributed by atoms with E-state index < -0.39 is 11.9 Å². The molecule has 1 heterocycles. The molecule has 19 heavy (non-hydrogen) atoms. The summed E-state index contributed by atoms with van der Waals surface area (Å²) in [6, 6.07) is 5.10. The van der Waals surface area contributed by atoms with Crippen LogP contribution in [0.1, 0.15) is 16.8 Å². The number of alkyl halides is 3. The van der Waals surface area contributed by atoms with Gasteiger partial charge in [-0.2, -0.15) is 18.3 Å². The van der Waals surface area contributed by atoms with Gasteiger partial charge in [0, 0.05) is 7.05 Å². The van der Waals surface area contributed by atoms with E-state index in [-0.39, 0.29) is 11.4 Å². The number of nitrogens with two attached hydrogens (primary N) is 1. The lowest BCUT2D eigenvalue weighted by molar-refractivity contribution is -0.140. The SMILES string of the molecule is Cc1ccc(-c2c(C(F)(F)F)nn(C)c2N)cc1C. The third-order valence-electron chi connectivity index (χ3n) is 3.16. The topological polar surface area (TPSA) is 43.8 Å². The molecule has 0 bridgehead atoms. The molecule has 0 atom stereocenters. The van der Waals surface area contributed by atoms with E-state index in [1.807, 2.05) is 13.8 Å². The number of aryl methyl sites for hydroxylation is 3. The Morgan fingerprint density at radius 1 is 1.16 bits per heavy atom. The normalized spacial score (nSPS) is 11.9. The van der Waals surface area contributed by atoms with E-state index in [1.165, 1.54) is 7.05 Å². The summed E-state index contributed by atoms with van der Waals surface area (Å²) in [5, 5.41) is 3.48. The Morgan fingerprint density at radius 2 is 1.79 bits per heavy atom. The molecule has 6 heteroatoms. The fraction of sp³-hybridized carbons (Fsp3) is 0.308. The Morgan fingerprint density at radius 3 is 2.32 bits per heavy atom. The standard InChI is InChI=1S/C13H14F3N3/c1-7-4-5-9(6-8(7)2)10-11(13(14,15)16)18-19(3)12(10)17/h4-6H,17H2,1-3H3. The molecule has 2 N–H and O–H groups in total. The molecule has 2 rings (SSSR count). The predicted octanol–water partition coefficient (Wildman–Crippen LogP) is 3.30. The lowest BCUT2D eigenvalue weighted by Gasteiger charge is -2.09. The first-order valence-corrected chi connectivity index (χ1v) is 5.69. The molecule has 1 aromatic carbocycles. The van der Waals surface area contributed by atoms with Crippen LogP contribution in [0.4, 0.5) is 19.0 Å². The average Bonchev–Trinajstić information content (AvgIpc) is 2.60. The van der Waals surface area contributed by atoms with E-state index >= 15 is 0 Å². The highest BCUT2D eigenvalue weighted by Gasteiger charge is 2.38. The van der Waals surface area contributed by atoms with Gasteiger partial charge in [0.1, 0.15) is 5.82 Å². The van der Waals surface area contributed by atoms with Crippen molar-refractivity contribution in [1.82, 2.24) is 9.78 Å². The van der Waals surface area contributed by atoms with E-state index in [9.17, 15) is 13.2 Å². The minimum absolute atomic E-state index is 0.00979. The van der Waals surface area contributed by atoms with Crippen LogP contribution in [0.3, 0.4) is 0 Å². The van der Waals surface area contributed by atoms with Crippen molar-refractivity contribution in [1.29, 1.82) is 0 Å². The molecule has 0 spiro atoms. The summed E-state index contributed by atoms with van der Waals surface area (Å²) in [6.07, 6.45) is -4.52. The fourth-order valence-corrected chi connectivity index (χ4v) is 1.92. The zero-order chi connectivity index (χ0) is 14.4. The summed E-state index contributed by atoms with van der Waals surface area (Å²) in [5.41, 5.74) is 7.07. The quantitative estimate of drug-likeness (QED) is 0.863. The number of halogens is 3. The van der Waals surface area contributed by atoms with Gasteiger partial charge in [-0.3, -0.25) is 4.68 Å². The Kier molecular flexibility index (Phi) is 3.04. The molecule has 1 aromatic heterocycles. The first-order valence-electron chi connectivity index (χ1n) is 5.69. The minimum atomic E-state index is -4.52. The maximum absolute atomic E-state index is 13.0. The van der Waals surface area contributed by atoms with Crippen molar-refractivity contribution in [3.63, 3.8) is 0 Å². The number of aromatic nitrogens is 2. The van der Waals surface area contributed by atoms with Crippen LogP contribution in [0, 0.1) is 13.8 Å². The van der Waals surface area contributed by atoms with Crippen LogP contribution >= 0.6 is 0 Å². The summed E-state index contributed by atoms with van der Waals surface area (Å²) in [6.45, 7) is 3.75. The molecule has 0 amide bonds. The van der Waals surface area contributed by atoms with Gasteiger partial charge in [0.05, 0.1) is 5.56 Å². The lowest BCUT2D eigenvalue weighted by atomic mass is 10.00. The van der Waals surface area contributed by atoms with Crippen molar-refractivity contribution in [3.05, 3.63) is 35.0 Å². The van der Waals surface area contributed by atoms with Gasteiger partial charge in [-0.15, -0.1) is 0 Å². The number of hydrogen-bond acceptors (Lipinski definition) is 2. The molecule has 0 fully saturated rings. The van der Waals surface area contributed by atoms with Crippen LogP contribution in [-0.4, -0.2) is 9.78 Å². The van der Waals surface area contributed by atoms with E-state index in [0.717, 1.165) is 15.8 Å². The zero-order valence-electron chi connectivity index (χ0n) is 10.8. The number of benzene rings is 1. The Balaban J connectivity index is 2.70. The van der Waals surface area contributed by atoms with Crippen LogP contribution in [0.5, 0.6) is 0 Å². The van der Waals surface area contributed by atoms with Gasteiger partial charge in [-0.25, -0.2) is 0 Å². The van der Waals surface area contributed by atoms with Gasteiger partial charge in [0.2, 0.25) is 0 Å². The Bertz CT molecular complexity index is 627. The van der Waals surface area contributed by atoms with Crippen LogP contribution in [0.15, 0.2) is 18.2 Å². The van der Waals surface area contributed by atoms with Crippen LogP contribution in [0.25, 0.3) is 11.1 Å². The van der Waals surface area contributed by atoms with E-state index in [4.69, 9.17) is 5.73 Å². The highest BCUT2D eigenvalue weighted by Crippen LogP contribution is 2.39. The van der Waals surface area contributed by atoms with Crippen molar-refractivity contribution >= 4 is 5.82 Å². The zero-order valence-corrected chi connectivity index (χ0v) is 10.8. The first kappa shape index (κ1) is 13.5. The van der Waals surface area contributed by atoms with Gasteiger partial charge in [-0.05, 0) is 30.5 Å². The molecular weight excluding hydrogens is 255 g/mol. The molecular formula is C13H14F3N3. The predicted molar refractivity (Wildman–Crippen MR) is 67.5 cm³/mol. The second-order valence-electron chi connectivity index (χ2n) is 4.53. The summed E-state index contributed by atoms with van der Waals surface area (Å²) in [4.78, 5) is 0. The van der Waals surface area contributed by atoms with Gasteiger partial charge < -0.3 is 5.73 Å². The van der Waals surface area contributed by atoms with Crippen molar-refractivity contribution in [2.24, 2.45) is 7.05 Å². The maximum atomic E-state index is 13.0. The van der Waals surface area contributed by atoms with Crippen molar-refractivity contribution in [3.8, 4) is 11.1 Å². The Labute approximate surface area is 108 Å². The molecule has 0 unspecified atom stereocenters. The van der Waals surface area contributed by atoms with Gasteiger partial charge in [-0.1, -0.05) is 18.2 Å². The van der Waals surface area contributed by atoms with Crippen molar-refractivity contribution in [2.75, 3.05) is 5.73 Å². The smallest absolute Gasteiger partial charge is 0.383 e. The number of hydrogen-bond donors (Lipinski definition) is 1. The van der Waals surface area contributed by atoms with E-state index in [2.05, 4.69) is 5.10 Å². The lowest BCUT2D eigenvalue weighted by Crippen LogP contribution is -2.08. The van der Waals surface area contributed by atoms with Gasteiger partial charge in [0.25, 0.3) is 0 Å². The Hall–Kier alpha value is -1.98. The maximum Gasteiger partial charge on any atom is 0.435 e. The summed E-state index contributed by atoms with van der Waals surface area (Å²) < 4.78 is 40.0. The largest absolute Gasteiger partial charge is 0.435 e. The van der Waals surface area contributed by atoms with Gasteiger partial charge in [0.15, 0.2) is 5.69 Å². The molecule has 102 valence electrons. The number of nitrogen functional groups attached to an aromatic ring is 1. The minimum Gasteiger partial charge on any atom is -0.383 e. The average molecular weight is 269 g/mol. The third-order valence-corrected chi connectivity index (χ3v) is 3.16. The van der Waals surface area contributed by atoms with Crippen molar-refractivity contribution in [2.45, 2.75) is 20.0 Å². The van der Waals surface area contributed by atoms with Crippen molar-refractivity contribution < 1.29 is 13.2 Å². The summed E-state index contributed by atoms with van der Waals surface area (Å²) >= 11 is 0. The molecule has 2 aromatic rings. The number of rotatable bonds is 1. The van der Waals surface area contributed by atoms with Gasteiger partial charge >= 0.3 is 6.18 Å². The second-order valence-corrected chi connectivity index (χ2v) is 4.53. The molecule has 3 nitrogen and oxygen atoms in total. The monoisotopic (exact) mass is 269 g/mol. The molecule has 0 aliphatic rings. The fourth-order valence-electron chi connectivity index (χ4n) is 1.92. The van der Waals surface area contributed by atoms with E-state index in [1.54, 1.807) is 18.2 Å². The molecule has 0 aliphatic heterocycles. The first-order chi connectivity index (χ1) is 8.71. The summed E-state index contributed by atoms with van der Waals surface area (Å²) in [5.74, 6) is 0.00979. The molecule has 0 saturated carbocycles. The summed E-state index contributed by atoms with van der Waals surface area (Å²) in [7, 11) is 1.40. The second kappa shape index (κ2) is 4.29. The highest BCUT2D eigenvalue weighted by molar-refractivity contribution is 5.77. The molecule has 0 saturated heterocycles. The van der Waals surface area contributed by atoms with E-state index in [0.29, 0.717) is 5.56 Å². The van der Waals surface area contributed by atoms with Crippen LogP contribution in [-0.2, 0) is 13.2 Å². The van der Waals surface area contributed by atoms with Crippen LogP contribution < -0.4 is 5.73 Å². The molecule has 0 radical (unpaired) electrons. The number of nitrogens with zero attached hydrogens (tertiary/aromatic N) is 2.